The molecule has 0 fully saturated rings. The number of rotatable bonds is 3. The first-order valence-corrected chi connectivity index (χ1v) is 7.19. The molecule has 96 valence electrons. The van der Waals surface area contributed by atoms with Crippen LogP contribution in [0, 0.1) is 6.92 Å². The van der Waals surface area contributed by atoms with Gasteiger partial charge in [0.1, 0.15) is 0 Å². The van der Waals surface area contributed by atoms with E-state index in [1.807, 2.05) is 32.3 Å². The quantitative estimate of drug-likeness (QED) is 0.941. The maximum atomic E-state index is 12.0. The van der Waals surface area contributed by atoms with Crippen LogP contribution in [0.3, 0.4) is 0 Å². The zero-order valence-electron chi connectivity index (χ0n) is 10.4. The van der Waals surface area contributed by atoms with E-state index in [9.17, 15) is 4.79 Å². The van der Waals surface area contributed by atoms with Gasteiger partial charge in [0.05, 0.1) is 21.6 Å². The summed E-state index contributed by atoms with van der Waals surface area (Å²) >= 11 is 4.85. The van der Waals surface area contributed by atoms with Gasteiger partial charge in [-0.3, -0.25) is 9.48 Å². The molecular weight excluding hydrogens is 314 g/mol. The molecule has 1 amide bonds. The van der Waals surface area contributed by atoms with Gasteiger partial charge < -0.3 is 5.32 Å². The van der Waals surface area contributed by atoms with Gasteiger partial charge in [-0.1, -0.05) is 0 Å². The van der Waals surface area contributed by atoms with Crippen molar-refractivity contribution >= 4 is 33.2 Å². The average molecular weight is 328 g/mol. The smallest absolute Gasteiger partial charge is 0.252 e. The van der Waals surface area contributed by atoms with Crippen molar-refractivity contribution in [1.29, 1.82) is 0 Å². The number of hydrogen-bond acceptors (Lipinski definition) is 3. The Morgan fingerprint density at radius 1 is 1.61 bits per heavy atom. The number of nitrogens with zero attached hydrogens (tertiary/aromatic N) is 2. The largest absolute Gasteiger partial charge is 0.345 e. The zero-order chi connectivity index (χ0) is 13.3. The molecule has 2 heterocycles. The van der Waals surface area contributed by atoms with Crippen LogP contribution in [0.5, 0.6) is 0 Å². The minimum atomic E-state index is -0.0623. The van der Waals surface area contributed by atoms with Crippen LogP contribution in [-0.4, -0.2) is 15.7 Å². The van der Waals surface area contributed by atoms with Gasteiger partial charge in [-0.25, -0.2) is 0 Å². The predicted octanol–water partition coefficient (Wildman–Crippen LogP) is 3.04. The highest BCUT2D eigenvalue weighted by molar-refractivity contribution is 9.11. The molecule has 0 aromatic carbocycles. The number of nitrogens with one attached hydrogen (secondary N) is 1. The molecule has 0 radical (unpaired) electrons. The van der Waals surface area contributed by atoms with E-state index in [-0.39, 0.29) is 11.9 Å². The van der Waals surface area contributed by atoms with Crippen LogP contribution < -0.4 is 5.32 Å². The molecule has 0 aliphatic heterocycles. The first-order chi connectivity index (χ1) is 8.49. The normalized spacial score (nSPS) is 12.4. The molecule has 1 N–H and O–H groups in total. The maximum absolute atomic E-state index is 12.0. The number of carbonyl (C=O) groups is 1. The molecule has 0 saturated heterocycles. The molecule has 4 nitrogen and oxygen atoms in total. The fourth-order valence-electron chi connectivity index (χ4n) is 1.73. The van der Waals surface area contributed by atoms with Crippen LogP contribution >= 0.6 is 27.3 Å². The zero-order valence-corrected chi connectivity index (χ0v) is 12.8. The van der Waals surface area contributed by atoms with E-state index in [2.05, 4.69) is 26.3 Å². The fourth-order valence-corrected chi connectivity index (χ4v) is 2.86. The van der Waals surface area contributed by atoms with Crippen molar-refractivity contribution in [1.82, 2.24) is 15.1 Å². The van der Waals surface area contributed by atoms with E-state index < -0.39 is 0 Å². The van der Waals surface area contributed by atoms with Gasteiger partial charge in [-0.05, 0) is 35.8 Å². The van der Waals surface area contributed by atoms with E-state index >= 15 is 0 Å². The maximum Gasteiger partial charge on any atom is 0.252 e. The lowest BCUT2D eigenvalue weighted by molar-refractivity contribution is 0.0940. The van der Waals surface area contributed by atoms with Crippen molar-refractivity contribution in [3.05, 3.63) is 38.3 Å². The standard InChI is InChI=1S/C12H14BrN3OS/c1-7(10-5-14-16(3)8(10)2)15-12(17)9-4-11(13)18-6-9/h4-7H,1-3H3,(H,15,17)/t7-/m1/s1. The molecule has 2 aromatic rings. The Morgan fingerprint density at radius 2 is 2.33 bits per heavy atom. The number of hydrogen-bond donors (Lipinski definition) is 1. The number of amides is 1. The summed E-state index contributed by atoms with van der Waals surface area (Å²) in [5, 5.41) is 8.99. The van der Waals surface area contributed by atoms with Crippen molar-refractivity contribution in [3.63, 3.8) is 0 Å². The molecule has 0 bridgehead atoms. The minimum absolute atomic E-state index is 0.0510. The second-order valence-electron chi connectivity index (χ2n) is 4.14. The highest BCUT2D eigenvalue weighted by Gasteiger charge is 2.16. The molecule has 6 heteroatoms. The molecule has 0 unspecified atom stereocenters. The van der Waals surface area contributed by atoms with Crippen molar-refractivity contribution in [3.8, 4) is 0 Å². The monoisotopic (exact) mass is 327 g/mol. The van der Waals surface area contributed by atoms with Crippen LogP contribution in [0.25, 0.3) is 0 Å². The summed E-state index contributed by atoms with van der Waals surface area (Å²) in [6.07, 6.45) is 1.80. The van der Waals surface area contributed by atoms with Gasteiger partial charge in [0.15, 0.2) is 0 Å². The molecule has 2 rings (SSSR count). The van der Waals surface area contributed by atoms with E-state index in [4.69, 9.17) is 0 Å². The van der Waals surface area contributed by atoms with Crippen molar-refractivity contribution < 1.29 is 4.79 Å². The number of halogens is 1. The Bertz CT molecular complexity index is 576. The van der Waals surface area contributed by atoms with Gasteiger partial charge in [0.25, 0.3) is 5.91 Å². The summed E-state index contributed by atoms with van der Waals surface area (Å²) in [4.78, 5) is 12.0. The Kier molecular flexibility index (Phi) is 3.87. The molecule has 0 aliphatic rings. The van der Waals surface area contributed by atoms with Gasteiger partial charge >= 0.3 is 0 Å². The second-order valence-corrected chi connectivity index (χ2v) is 6.43. The molecule has 18 heavy (non-hydrogen) atoms. The van der Waals surface area contributed by atoms with Crippen LogP contribution in [0.15, 0.2) is 21.4 Å². The predicted molar refractivity (Wildman–Crippen MR) is 75.8 cm³/mol. The lowest BCUT2D eigenvalue weighted by Crippen LogP contribution is -2.26. The Labute approximate surface area is 118 Å². The lowest BCUT2D eigenvalue weighted by Gasteiger charge is -2.13. The Hall–Kier alpha value is -1.14. The lowest BCUT2D eigenvalue weighted by atomic mass is 10.1. The Morgan fingerprint density at radius 3 is 2.83 bits per heavy atom. The van der Waals surface area contributed by atoms with Gasteiger partial charge in [0.2, 0.25) is 0 Å². The molecule has 0 spiro atoms. The summed E-state index contributed by atoms with van der Waals surface area (Å²) < 4.78 is 2.76. The molecular formula is C12H14BrN3OS. The van der Waals surface area contributed by atoms with Crippen LogP contribution in [0.2, 0.25) is 0 Å². The fraction of sp³-hybridized carbons (Fsp3) is 0.333. The van der Waals surface area contributed by atoms with Crippen LogP contribution in [0.4, 0.5) is 0 Å². The average Bonchev–Trinajstić information content (AvgIpc) is 2.87. The summed E-state index contributed by atoms with van der Waals surface area (Å²) in [6.45, 7) is 3.95. The Balaban J connectivity index is 2.10. The third-order valence-electron chi connectivity index (χ3n) is 2.92. The van der Waals surface area contributed by atoms with E-state index in [1.165, 1.54) is 11.3 Å². The van der Waals surface area contributed by atoms with Gasteiger partial charge in [-0.15, -0.1) is 11.3 Å². The SMILES string of the molecule is Cc1c([C@@H](C)NC(=O)c2csc(Br)c2)cnn1C. The third-order valence-corrected chi connectivity index (χ3v) is 4.42. The third kappa shape index (κ3) is 2.64. The first kappa shape index (κ1) is 13.3. The van der Waals surface area contributed by atoms with Crippen molar-refractivity contribution in [2.45, 2.75) is 19.9 Å². The molecule has 2 aromatic heterocycles. The topological polar surface area (TPSA) is 46.9 Å². The number of carbonyl (C=O) groups excluding carboxylic acids is 1. The highest BCUT2D eigenvalue weighted by atomic mass is 79.9. The number of thiophene rings is 1. The van der Waals surface area contributed by atoms with Crippen molar-refractivity contribution in [2.75, 3.05) is 0 Å². The van der Waals surface area contributed by atoms with Crippen LogP contribution in [0.1, 0.15) is 34.6 Å². The summed E-state index contributed by atoms with van der Waals surface area (Å²) in [6, 6.07) is 1.77. The van der Waals surface area contributed by atoms with Crippen molar-refractivity contribution in [2.24, 2.45) is 7.05 Å². The van der Waals surface area contributed by atoms with Gasteiger partial charge in [0, 0.05) is 23.7 Å². The summed E-state index contributed by atoms with van der Waals surface area (Å²) in [5.41, 5.74) is 2.79. The summed E-state index contributed by atoms with van der Waals surface area (Å²) in [7, 11) is 1.89. The van der Waals surface area contributed by atoms with E-state index in [0.717, 1.165) is 15.0 Å². The van der Waals surface area contributed by atoms with Crippen LogP contribution in [-0.2, 0) is 7.05 Å². The van der Waals surface area contributed by atoms with Gasteiger partial charge in [-0.2, -0.15) is 5.10 Å². The second kappa shape index (κ2) is 5.24. The molecule has 0 aliphatic carbocycles. The minimum Gasteiger partial charge on any atom is -0.345 e. The van der Waals surface area contributed by atoms with E-state index in [1.54, 1.807) is 10.9 Å². The summed E-state index contributed by atoms with van der Waals surface area (Å²) in [5.74, 6) is -0.0623. The highest BCUT2D eigenvalue weighted by Crippen LogP contribution is 2.22. The first-order valence-electron chi connectivity index (χ1n) is 5.52. The van der Waals surface area contributed by atoms with E-state index in [0.29, 0.717) is 5.56 Å². The number of aryl methyl sites for hydroxylation is 1. The molecule has 1 atom stereocenters. The molecule has 0 saturated carbocycles. The number of aromatic nitrogens is 2.